The van der Waals surface area contributed by atoms with Gasteiger partial charge in [-0.3, -0.25) is 9.59 Å². The lowest BCUT2D eigenvalue weighted by Gasteiger charge is -2.10. The van der Waals surface area contributed by atoms with Crippen LogP contribution in [0.4, 0.5) is 24.5 Å². The average molecular weight is 530 g/mol. The fourth-order valence-electron chi connectivity index (χ4n) is 3.99. The van der Waals surface area contributed by atoms with Gasteiger partial charge in [0, 0.05) is 10.9 Å². The summed E-state index contributed by atoms with van der Waals surface area (Å²) in [6.45, 7) is 0. The van der Waals surface area contributed by atoms with Gasteiger partial charge in [0.2, 0.25) is 11.7 Å². The number of tetrazole rings is 1. The number of benzene rings is 3. The molecule has 0 saturated heterocycles. The molecule has 0 fully saturated rings. The van der Waals surface area contributed by atoms with Crippen molar-refractivity contribution in [2.45, 2.75) is 12.6 Å². The lowest BCUT2D eigenvalue weighted by molar-refractivity contribution is -0.137. The molecule has 0 saturated carbocycles. The molecule has 0 unspecified atom stereocenters. The zero-order valence-electron chi connectivity index (χ0n) is 19.8. The van der Waals surface area contributed by atoms with E-state index < -0.39 is 23.6 Å². The van der Waals surface area contributed by atoms with Gasteiger partial charge in [-0.2, -0.15) is 23.6 Å². The van der Waals surface area contributed by atoms with Crippen LogP contribution >= 0.6 is 0 Å². The van der Waals surface area contributed by atoms with Gasteiger partial charge in [0.05, 0.1) is 40.5 Å². The van der Waals surface area contributed by atoms with Crippen molar-refractivity contribution in [2.75, 3.05) is 10.6 Å². The number of aromatic amines is 2. The van der Waals surface area contributed by atoms with Gasteiger partial charge in [-0.1, -0.05) is 30.3 Å². The summed E-state index contributed by atoms with van der Waals surface area (Å²) in [7, 11) is 0. The van der Waals surface area contributed by atoms with E-state index in [1.54, 1.807) is 30.3 Å². The average Bonchev–Trinajstić information content (AvgIpc) is 3.60. The van der Waals surface area contributed by atoms with Gasteiger partial charge >= 0.3 is 6.18 Å². The van der Waals surface area contributed by atoms with E-state index in [2.05, 4.69) is 36.2 Å². The van der Waals surface area contributed by atoms with Gasteiger partial charge in [-0.15, -0.1) is 10.2 Å². The molecule has 2 heterocycles. The Morgan fingerprint density at radius 3 is 2.54 bits per heavy atom. The molecule has 3 aromatic carbocycles. The van der Waals surface area contributed by atoms with Crippen molar-refractivity contribution in [1.82, 2.24) is 25.6 Å². The van der Waals surface area contributed by atoms with Crippen molar-refractivity contribution in [2.24, 2.45) is 0 Å². The van der Waals surface area contributed by atoms with Crippen LogP contribution in [0.1, 0.15) is 27.2 Å². The number of amides is 2. The highest BCUT2D eigenvalue weighted by molar-refractivity contribution is 6.09. The molecule has 13 heteroatoms. The van der Waals surface area contributed by atoms with E-state index in [0.717, 1.165) is 12.1 Å². The number of halogens is 3. The van der Waals surface area contributed by atoms with E-state index in [0.29, 0.717) is 33.4 Å². The fourth-order valence-corrected chi connectivity index (χ4v) is 3.99. The molecule has 194 valence electrons. The van der Waals surface area contributed by atoms with Crippen molar-refractivity contribution in [3.8, 4) is 17.5 Å². The number of rotatable bonds is 6. The van der Waals surface area contributed by atoms with Gasteiger partial charge in [0.15, 0.2) is 0 Å². The second kappa shape index (κ2) is 10.1. The largest absolute Gasteiger partial charge is 0.416 e. The van der Waals surface area contributed by atoms with E-state index in [9.17, 15) is 28.0 Å². The SMILES string of the molecule is N#Cc1ccc(NC(=O)c2cc3cccc(NC(=O)Cc4cccc(C(F)(F)F)c4)c3[nH]2)c(-c2nn[nH]n2)c1. The molecular formula is C26H17F3N8O2. The van der Waals surface area contributed by atoms with Crippen LogP contribution in [-0.2, 0) is 17.4 Å². The van der Waals surface area contributed by atoms with E-state index >= 15 is 0 Å². The van der Waals surface area contributed by atoms with Gasteiger partial charge in [-0.25, -0.2) is 0 Å². The Hall–Kier alpha value is -5.51. The molecule has 4 N–H and O–H groups in total. The summed E-state index contributed by atoms with van der Waals surface area (Å²) in [5.41, 5.74) is 1.42. The number of fused-ring (bicyclic) bond motifs is 1. The molecule has 5 aromatic rings. The molecule has 2 amide bonds. The zero-order valence-corrected chi connectivity index (χ0v) is 19.8. The van der Waals surface area contributed by atoms with E-state index in [1.165, 1.54) is 24.3 Å². The first kappa shape index (κ1) is 25.2. The smallest absolute Gasteiger partial charge is 0.349 e. The predicted octanol–water partition coefficient (Wildman–Crippen LogP) is 4.67. The number of para-hydroxylation sites is 1. The monoisotopic (exact) mass is 530 g/mol. The molecule has 0 aliphatic rings. The number of alkyl halides is 3. The number of H-pyrrole nitrogens is 2. The lowest BCUT2D eigenvalue weighted by Crippen LogP contribution is -2.15. The normalized spacial score (nSPS) is 11.2. The fraction of sp³-hybridized carbons (Fsp3) is 0.0769. The quantitative estimate of drug-likeness (QED) is 0.250. The van der Waals surface area contributed by atoms with Crippen molar-refractivity contribution in [3.05, 3.63) is 89.1 Å². The number of anilines is 2. The van der Waals surface area contributed by atoms with Crippen LogP contribution in [0.2, 0.25) is 0 Å². The Labute approximate surface area is 217 Å². The van der Waals surface area contributed by atoms with Crippen LogP contribution in [0.5, 0.6) is 0 Å². The van der Waals surface area contributed by atoms with Gasteiger partial charge < -0.3 is 15.6 Å². The molecule has 0 spiro atoms. The number of nitriles is 1. The van der Waals surface area contributed by atoms with Crippen LogP contribution in [0, 0.1) is 11.3 Å². The lowest BCUT2D eigenvalue weighted by atomic mass is 10.1. The minimum atomic E-state index is -4.51. The van der Waals surface area contributed by atoms with Crippen LogP contribution in [0.25, 0.3) is 22.3 Å². The molecule has 0 atom stereocenters. The van der Waals surface area contributed by atoms with Crippen molar-refractivity contribution in [1.29, 1.82) is 5.26 Å². The number of nitrogens with zero attached hydrogens (tertiary/aromatic N) is 4. The number of hydrogen-bond donors (Lipinski definition) is 4. The molecular weight excluding hydrogens is 513 g/mol. The first-order chi connectivity index (χ1) is 18.7. The number of nitrogens with one attached hydrogen (secondary N) is 4. The van der Waals surface area contributed by atoms with Gasteiger partial charge in [0.1, 0.15) is 5.69 Å². The topological polar surface area (TPSA) is 152 Å². The van der Waals surface area contributed by atoms with Crippen molar-refractivity contribution < 1.29 is 22.8 Å². The minimum Gasteiger partial charge on any atom is -0.349 e. The van der Waals surface area contributed by atoms with Crippen molar-refractivity contribution >= 4 is 34.1 Å². The standard InChI is InChI=1S/C26H17F3N8O2/c27-26(28,29)17-5-1-3-14(9-17)11-22(38)31-20-6-2-4-16-12-21(32-23(16)20)25(39)33-19-8-7-15(13-30)10-18(19)24-34-36-37-35-24/h1-10,12,32H,11H2,(H,31,38)(H,33,39)(H,34,35,36,37). The Morgan fingerprint density at radius 1 is 0.974 bits per heavy atom. The van der Waals surface area contributed by atoms with Crippen LogP contribution in [0.3, 0.4) is 0 Å². The predicted molar refractivity (Wildman–Crippen MR) is 134 cm³/mol. The Morgan fingerprint density at radius 2 is 1.79 bits per heavy atom. The molecule has 0 aliphatic carbocycles. The van der Waals surface area contributed by atoms with Gasteiger partial charge in [0.25, 0.3) is 5.91 Å². The first-order valence-corrected chi connectivity index (χ1v) is 11.4. The molecule has 0 bridgehead atoms. The second-order valence-electron chi connectivity index (χ2n) is 8.44. The third kappa shape index (κ3) is 5.44. The molecule has 10 nitrogen and oxygen atoms in total. The van der Waals surface area contributed by atoms with Crippen LogP contribution < -0.4 is 10.6 Å². The summed E-state index contributed by atoms with van der Waals surface area (Å²) in [4.78, 5) is 28.7. The summed E-state index contributed by atoms with van der Waals surface area (Å²) >= 11 is 0. The van der Waals surface area contributed by atoms with E-state index in [1.807, 2.05) is 6.07 Å². The molecule has 0 aliphatic heterocycles. The maximum absolute atomic E-state index is 13.1. The third-order valence-corrected chi connectivity index (χ3v) is 5.78. The summed E-state index contributed by atoms with van der Waals surface area (Å²) in [6.07, 6.45) is -4.78. The van der Waals surface area contributed by atoms with E-state index in [4.69, 9.17) is 0 Å². The highest BCUT2D eigenvalue weighted by Crippen LogP contribution is 2.30. The van der Waals surface area contributed by atoms with Gasteiger partial charge in [-0.05, 0) is 47.2 Å². The molecule has 5 rings (SSSR count). The van der Waals surface area contributed by atoms with Crippen molar-refractivity contribution in [3.63, 3.8) is 0 Å². The minimum absolute atomic E-state index is 0.174. The summed E-state index contributed by atoms with van der Waals surface area (Å²) < 4.78 is 39.0. The number of aromatic nitrogens is 5. The number of carbonyl (C=O) groups is 2. The first-order valence-electron chi connectivity index (χ1n) is 11.4. The number of carbonyl (C=O) groups excluding carboxylic acids is 2. The highest BCUT2D eigenvalue weighted by Gasteiger charge is 2.30. The van der Waals surface area contributed by atoms with Crippen LogP contribution in [-0.4, -0.2) is 37.4 Å². The Kier molecular flexibility index (Phi) is 6.51. The summed E-state index contributed by atoms with van der Waals surface area (Å²) in [5, 5.41) is 29.0. The maximum atomic E-state index is 13.1. The summed E-state index contributed by atoms with van der Waals surface area (Å²) in [6, 6.07) is 17.8. The Bertz CT molecular complexity index is 1740. The Balaban J connectivity index is 1.36. The highest BCUT2D eigenvalue weighted by atomic mass is 19.4. The third-order valence-electron chi connectivity index (χ3n) is 5.78. The second-order valence-corrected chi connectivity index (χ2v) is 8.44. The van der Waals surface area contributed by atoms with Crippen LogP contribution in [0.15, 0.2) is 66.7 Å². The zero-order chi connectivity index (χ0) is 27.6. The molecule has 2 aromatic heterocycles. The molecule has 0 radical (unpaired) electrons. The molecule has 39 heavy (non-hydrogen) atoms. The summed E-state index contributed by atoms with van der Waals surface area (Å²) in [5.74, 6) is -0.850. The van der Waals surface area contributed by atoms with E-state index in [-0.39, 0.29) is 23.5 Å². The maximum Gasteiger partial charge on any atom is 0.416 e. The number of hydrogen-bond acceptors (Lipinski definition) is 6.